The predicted octanol–water partition coefficient (Wildman–Crippen LogP) is 1.79. The summed E-state index contributed by atoms with van der Waals surface area (Å²) in [6.07, 6.45) is 1.03. The highest BCUT2D eigenvalue weighted by Gasteiger charge is 2.10. The van der Waals surface area contributed by atoms with Crippen LogP contribution in [0.15, 0.2) is 30.2 Å². The lowest BCUT2D eigenvalue weighted by molar-refractivity contribution is -0.137. The Morgan fingerprint density at radius 1 is 1.21 bits per heavy atom. The van der Waals surface area contributed by atoms with E-state index in [0.717, 1.165) is 11.8 Å². The molecular formula is C13H16O6. The molecule has 0 unspecified atom stereocenters. The second-order valence-electron chi connectivity index (χ2n) is 3.50. The van der Waals surface area contributed by atoms with Gasteiger partial charge in [-0.05, 0) is 17.7 Å². The molecule has 0 fully saturated rings. The second kappa shape index (κ2) is 7.15. The van der Waals surface area contributed by atoms with Crippen LogP contribution in [0.3, 0.4) is 0 Å². The summed E-state index contributed by atoms with van der Waals surface area (Å²) >= 11 is 0. The third-order valence-electron chi connectivity index (χ3n) is 2.28. The standard InChI is InChI=1S/C13H16O6/c1-16-8-12(13(14)15)19-7-9-4-5-10(17-2)11(6-9)18-3/h4-6,8H,7H2,1-3H3,(H,14,15). The number of benzene rings is 1. The summed E-state index contributed by atoms with van der Waals surface area (Å²) in [6, 6.07) is 5.19. The van der Waals surface area contributed by atoms with Crippen LogP contribution in [0.4, 0.5) is 0 Å². The van der Waals surface area contributed by atoms with Crippen LogP contribution >= 0.6 is 0 Å². The van der Waals surface area contributed by atoms with Crippen LogP contribution in [0.1, 0.15) is 5.56 Å². The number of ether oxygens (including phenoxy) is 4. The molecule has 1 N–H and O–H groups in total. The molecule has 1 aromatic rings. The maximum Gasteiger partial charge on any atom is 0.374 e. The van der Waals surface area contributed by atoms with Gasteiger partial charge < -0.3 is 24.1 Å². The van der Waals surface area contributed by atoms with Crippen LogP contribution in [0.25, 0.3) is 0 Å². The number of carboxylic acid groups (broad SMARTS) is 1. The second-order valence-corrected chi connectivity index (χ2v) is 3.50. The van der Waals surface area contributed by atoms with Crippen molar-refractivity contribution in [3.8, 4) is 11.5 Å². The monoisotopic (exact) mass is 268 g/mol. The molecule has 0 radical (unpaired) electrons. The van der Waals surface area contributed by atoms with Gasteiger partial charge >= 0.3 is 5.97 Å². The van der Waals surface area contributed by atoms with Crippen LogP contribution in [0, 0.1) is 0 Å². The fraction of sp³-hybridized carbons (Fsp3) is 0.308. The fourth-order valence-electron chi connectivity index (χ4n) is 1.38. The Balaban J connectivity index is 2.77. The molecule has 0 atom stereocenters. The molecule has 1 rings (SSSR count). The van der Waals surface area contributed by atoms with Crippen molar-refractivity contribution in [1.82, 2.24) is 0 Å². The third kappa shape index (κ3) is 4.09. The predicted molar refractivity (Wildman–Crippen MR) is 67.1 cm³/mol. The van der Waals surface area contributed by atoms with Crippen LogP contribution in [0.2, 0.25) is 0 Å². The maximum absolute atomic E-state index is 10.8. The Morgan fingerprint density at radius 2 is 1.89 bits per heavy atom. The third-order valence-corrected chi connectivity index (χ3v) is 2.28. The number of hydrogen-bond donors (Lipinski definition) is 1. The molecule has 0 heterocycles. The molecule has 6 heteroatoms. The topological polar surface area (TPSA) is 74.2 Å². The summed E-state index contributed by atoms with van der Waals surface area (Å²) in [5, 5.41) is 8.85. The molecular weight excluding hydrogens is 252 g/mol. The van der Waals surface area contributed by atoms with E-state index in [1.165, 1.54) is 21.3 Å². The highest BCUT2D eigenvalue weighted by atomic mass is 16.5. The van der Waals surface area contributed by atoms with Crippen molar-refractivity contribution in [3.05, 3.63) is 35.8 Å². The van der Waals surface area contributed by atoms with Crippen LogP contribution in [-0.4, -0.2) is 32.4 Å². The number of aliphatic carboxylic acids is 1. The van der Waals surface area contributed by atoms with Crippen molar-refractivity contribution in [2.45, 2.75) is 6.61 Å². The molecule has 0 saturated carbocycles. The smallest absolute Gasteiger partial charge is 0.374 e. The van der Waals surface area contributed by atoms with Crippen molar-refractivity contribution in [2.75, 3.05) is 21.3 Å². The lowest BCUT2D eigenvalue weighted by atomic mass is 10.2. The van der Waals surface area contributed by atoms with Gasteiger partial charge in [0.05, 0.1) is 21.3 Å². The van der Waals surface area contributed by atoms with Crippen molar-refractivity contribution in [1.29, 1.82) is 0 Å². The van der Waals surface area contributed by atoms with E-state index in [2.05, 4.69) is 4.74 Å². The van der Waals surface area contributed by atoms with E-state index >= 15 is 0 Å². The lowest BCUT2D eigenvalue weighted by Gasteiger charge is -2.10. The molecule has 1 aromatic carbocycles. The van der Waals surface area contributed by atoms with E-state index in [9.17, 15) is 4.79 Å². The summed E-state index contributed by atoms with van der Waals surface area (Å²) in [6.45, 7) is 0.0852. The first-order chi connectivity index (χ1) is 9.12. The molecule has 0 aliphatic heterocycles. The first-order valence-corrected chi connectivity index (χ1v) is 5.42. The highest BCUT2D eigenvalue weighted by molar-refractivity contribution is 5.83. The van der Waals surface area contributed by atoms with Gasteiger partial charge in [0.15, 0.2) is 11.5 Å². The molecule has 19 heavy (non-hydrogen) atoms. The van der Waals surface area contributed by atoms with Gasteiger partial charge in [-0.15, -0.1) is 0 Å². The summed E-state index contributed by atoms with van der Waals surface area (Å²) in [5.41, 5.74) is 0.751. The minimum absolute atomic E-state index is 0.0852. The van der Waals surface area contributed by atoms with Gasteiger partial charge in [0.2, 0.25) is 5.76 Å². The van der Waals surface area contributed by atoms with Gasteiger partial charge in [-0.3, -0.25) is 0 Å². The van der Waals surface area contributed by atoms with Gasteiger partial charge in [-0.1, -0.05) is 6.07 Å². The Hall–Kier alpha value is -2.37. The molecule has 104 valence electrons. The van der Waals surface area contributed by atoms with E-state index in [0.29, 0.717) is 11.5 Å². The van der Waals surface area contributed by atoms with Gasteiger partial charge in [-0.2, -0.15) is 0 Å². The van der Waals surface area contributed by atoms with Crippen LogP contribution < -0.4 is 9.47 Å². The average molecular weight is 268 g/mol. The van der Waals surface area contributed by atoms with Crippen LogP contribution in [-0.2, 0) is 20.9 Å². The highest BCUT2D eigenvalue weighted by Crippen LogP contribution is 2.27. The molecule has 6 nitrogen and oxygen atoms in total. The van der Waals surface area contributed by atoms with Crippen molar-refractivity contribution in [3.63, 3.8) is 0 Å². The molecule has 0 saturated heterocycles. The Morgan fingerprint density at radius 3 is 2.42 bits per heavy atom. The summed E-state index contributed by atoms with van der Waals surface area (Å²) in [5.74, 6) is -0.312. The summed E-state index contributed by atoms with van der Waals surface area (Å²) in [7, 11) is 4.41. The minimum Gasteiger partial charge on any atom is -0.500 e. The Bertz CT molecular complexity index is 466. The van der Waals surface area contributed by atoms with E-state index in [4.69, 9.17) is 19.3 Å². The zero-order valence-electron chi connectivity index (χ0n) is 11.0. The quantitative estimate of drug-likeness (QED) is 0.600. The van der Waals surface area contributed by atoms with Gasteiger partial charge in [0, 0.05) is 0 Å². The molecule has 0 bridgehead atoms. The van der Waals surface area contributed by atoms with Crippen molar-refractivity contribution < 1.29 is 28.8 Å². The number of methoxy groups -OCH3 is 3. The van der Waals surface area contributed by atoms with Gasteiger partial charge in [0.1, 0.15) is 12.9 Å². The fourth-order valence-corrected chi connectivity index (χ4v) is 1.38. The van der Waals surface area contributed by atoms with E-state index in [-0.39, 0.29) is 12.4 Å². The summed E-state index contributed by atoms with van der Waals surface area (Å²) in [4.78, 5) is 10.8. The number of hydrogen-bond acceptors (Lipinski definition) is 5. The maximum atomic E-state index is 10.8. The number of rotatable bonds is 7. The molecule has 0 amide bonds. The summed E-state index contributed by atoms with van der Waals surface area (Å²) < 4.78 is 20.0. The largest absolute Gasteiger partial charge is 0.500 e. The SMILES string of the molecule is COC=C(OCc1ccc(OC)c(OC)c1)C(=O)O. The minimum atomic E-state index is -1.19. The first-order valence-electron chi connectivity index (χ1n) is 5.42. The van der Waals surface area contributed by atoms with E-state index in [1.54, 1.807) is 18.2 Å². The molecule has 0 aromatic heterocycles. The zero-order chi connectivity index (χ0) is 14.3. The normalized spacial score (nSPS) is 10.8. The number of carbonyl (C=O) groups is 1. The molecule has 0 aliphatic carbocycles. The number of carboxylic acids is 1. The van der Waals surface area contributed by atoms with Gasteiger partial charge in [0.25, 0.3) is 0 Å². The van der Waals surface area contributed by atoms with Crippen molar-refractivity contribution >= 4 is 5.97 Å². The first kappa shape index (κ1) is 14.7. The van der Waals surface area contributed by atoms with Gasteiger partial charge in [-0.25, -0.2) is 4.79 Å². The van der Waals surface area contributed by atoms with Crippen molar-refractivity contribution in [2.24, 2.45) is 0 Å². The van der Waals surface area contributed by atoms with Crippen LogP contribution in [0.5, 0.6) is 11.5 Å². The molecule has 0 aliphatic rings. The van der Waals surface area contributed by atoms with E-state index in [1.807, 2.05) is 0 Å². The lowest BCUT2D eigenvalue weighted by Crippen LogP contribution is -2.06. The van der Waals surface area contributed by atoms with E-state index < -0.39 is 5.97 Å². The molecule has 0 spiro atoms. The Kier molecular flexibility index (Phi) is 5.53. The Labute approximate surface area is 111 Å². The average Bonchev–Trinajstić information content (AvgIpc) is 2.42. The zero-order valence-corrected chi connectivity index (χ0v) is 11.0.